The molecule has 0 aliphatic carbocycles. The Kier molecular flexibility index (Phi) is 3.98. The molecule has 1 aliphatic heterocycles. The first kappa shape index (κ1) is 14.8. The fourth-order valence-electron chi connectivity index (χ4n) is 2.92. The summed E-state index contributed by atoms with van der Waals surface area (Å²) >= 11 is 0. The zero-order chi connectivity index (χ0) is 15.7. The van der Waals surface area contributed by atoms with E-state index in [4.69, 9.17) is 5.73 Å². The highest BCUT2D eigenvalue weighted by atomic mass is 16.2. The van der Waals surface area contributed by atoms with Gasteiger partial charge in [0.25, 0.3) is 5.91 Å². The second-order valence-corrected chi connectivity index (χ2v) is 6.02. The van der Waals surface area contributed by atoms with E-state index < -0.39 is 0 Å². The second kappa shape index (κ2) is 5.93. The molecule has 1 aromatic heterocycles. The number of hydrogen-bond acceptors (Lipinski definition) is 3. The van der Waals surface area contributed by atoms with Crippen molar-refractivity contribution < 1.29 is 4.79 Å². The van der Waals surface area contributed by atoms with E-state index in [2.05, 4.69) is 5.10 Å². The lowest BCUT2D eigenvalue weighted by Crippen LogP contribution is -2.42. The lowest BCUT2D eigenvalue weighted by atomic mass is 10.0. The Morgan fingerprint density at radius 2 is 1.82 bits per heavy atom. The predicted molar refractivity (Wildman–Crippen MR) is 86.2 cm³/mol. The Balaban J connectivity index is 1.76. The summed E-state index contributed by atoms with van der Waals surface area (Å²) in [4.78, 5) is 14.4. The van der Waals surface area contributed by atoms with Crippen LogP contribution in [-0.4, -0.2) is 39.7 Å². The molecule has 0 saturated carbocycles. The number of amides is 1. The van der Waals surface area contributed by atoms with Crippen LogP contribution in [0, 0.1) is 13.8 Å². The van der Waals surface area contributed by atoms with Gasteiger partial charge in [0.05, 0.1) is 11.4 Å². The van der Waals surface area contributed by atoms with Gasteiger partial charge in [0.15, 0.2) is 0 Å². The number of hydrogen-bond donors (Lipinski definition) is 1. The first-order valence-corrected chi connectivity index (χ1v) is 7.73. The van der Waals surface area contributed by atoms with Crippen LogP contribution >= 0.6 is 0 Å². The van der Waals surface area contributed by atoms with Crippen LogP contribution in [0.1, 0.15) is 34.6 Å². The van der Waals surface area contributed by atoms with Gasteiger partial charge >= 0.3 is 0 Å². The molecule has 22 heavy (non-hydrogen) atoms. The van der Waals surface area contributed by atoms with E-state index in [1.165, 1.54) is 0 Å². The first-order valence-electron chi connectivity index (χ1n) is 7.73. The highest BCUT2D eigenvalue weighted by Gasteiger charge is 2.21. The van der Waals surface area contributed by atoms with Gasteiger partial charge in [-0.25, -0.2) is 4.68 Å². The number of benzene rings is 1. The van der Waals surface area contributed by atoms with E-state index >= 15 is 0 Å². The van der Waals surface area contributed by atoms with Gasteiger partial charge < -0.3 is 10.6 Å². The second-order valence-electron chi connectivity index (χ2n) is 6.02. The smallest absolute Gasteiger partial charge is 0.253 e. The third-order valence-corrected chi connectivity index (χ3v) is 4.20. The summed E-state index contributed by atoms with van der Waals surface area (Å²) in [5, 5.41) is 4.46. The van der Waals surface area contributed by atoms with Crippen LogP contribution in [0.15, 0.2) is 30.3 Å². The summed E-state index contributed by atoms with van der Waals surface area (Å²) < 4.78 is 1.89. The van der Waals surface area contributed by atoms with Gasteiger partial charge in [-0.2, -0.15) is 5.10 Å². The predicted octanol–water partition coefficient (Wildman–Crippen LogP) is 2.05. The van der Waals surface area contributed by atoms with Crippen LogP contribution in [0.3, 0.4) is 0 Å². The van der Waals surface area contributed by atoms with Gasteiger partial charge in [0, 0.05) is 30.4 Å². The molecule has 2 heterocycles. The molecule has 1 aromatic carbocycles. The summed E-state index contributed by atoms with van der Waals surface area (Å²) in [5.41, 5.74) is 9.66. The van der Waals surface area contributed by atoms with E-state index in [0.29, 0.717) is 0 Å². The van der Waals surface area contributed by atoms with Crippen LogP contribution in [0.5, 0.6) is 0 Å². The van der Waals surface area contributed by atoms with Gasteiger partial charge in [-0.1, -0.05) is 0 Å². The first-order chi connectivity index (χ1) is 10.5. The molecule has 1 aliphatic rings. The normalized spacial score (nSPS) is 16.0. The zero-order valence-corrected chi connectivity index (χ0v) is 13.1. The molecule has 2 aromatic rings. The van der Waals surface area contributed by atoms with Crippen molar-refractivity contribution in [3.05, 3.63) is 47.3 Å². The van der Waals surface area contributed by atoms with Crippen LogP contribution in [0.25, 0.3) is 5.69 Å². The molecule has 1 amide bonds. The Hall–Kier alpha value is -2.14. The van der Waals surface area contributed by atoms with Gasteiger partial charge in [0.1, 0.15) is 0 Å². The molecule has 0 bridgehead atoms. The van der Waals surface area contributed by atoms with Gasteiger partial charge in [-0.15, -0.1) is 0 Å². The van der Waals surface area contributed by atoms with Gasteiger partial charge in [-0.3, -0.25) is 4.79 Å². The van der Waals surface area contributed by atoms with E-state index in [0.717, 1.165) is 48.6 Å². The molecule has 0 spiro atoms. The Morgan fingerprint density at radius 1 is 1.18 bits per heavy atom. The Labute approximate surface area is 130 Å². The van der Waals surface area contributed by atoms with Crippen molar-refractivity contribution in [2.75, 3.05) is 13.1 Å². The van der Waals surface area contributed by atoms with Crippen LogP contribution < -0.4 is 5.73 Å². The minimum atomic E-state index is 0.0896. The number of aromatic nitrogens is 2. The topological polar surface area (TPSA) is 64.2 Å². The van der Waals surface area contributed by atoms with Crippen molar-refractivity contribution in [3.63, 3.8) is 0 Å². The third kappa shape index (κ3) is 2.90. The van der Waals surface area contributed by atoms with Crippen molar-refractivity contribution in [2.24, 2.45) is 5.73 Å². The molecular weight excluding hydrogens is 276 g/mol. The molecular formula is C17H22N4O. The Bertz CT molecular complexity index is 666. The number of piperidine rings is 1. The number of nitrogens with two attached hydrogens (primary N) is 1. The number of rotatable bonds is 2. The molecule has 2 N–H and O–H groups in total. The summed E-state index contributed by atoms with van der Waals surface area (Å²) in [6.45, 7) is 5.50. The summed E-state index contributed by atoms with van der Waals surface area (Å²) in [5.74, 6) is 0.0896. The molecule has 5 heteroatoms. The maximum Gasteiger partial charge on any atom is 0.253 e. The minimum Gasteiger partial charge on any atom is -0.339 e. The van der Waals surface area contributed by atoms with Crippen LogP contribution in [-0.2, 0) is 0 Å². The fraction of sp³-hybridized carbons (Fsp3) is 0.412. The van der Waals surface area contributed by atoms with E-state index in [-0.39, 0.29) is 11.9 Å². The Morgan fingerprint density at radius 3 is 2.36 bits per heavy atom. The fourth-order valence-corrected chi connectivity index (χ4v) is 2.92. The molecule has 5 nitrogen and oxygen atoms in total. The highest BCUT2D eigenvalue weighted by Crippen LogP contribution is 2.16. The van der Waals surface area contributed by atoms with E-state index in [9.17, 15) is 4.79 Å². The monoisotopic (exact) mass is 298 g/mol. The van der Waals surface area contributed by atoms with Gasteiger partial charge in [-0.05, 0) is 57.0 Å². The summed E-state index contributed by atoms with van der Waals surface area (Å²) in [6.07, 6.45) is 1.77. The lowest BCUT2D eigenvalue weighted by molar-refractivity contribution is 0.0715. The average Bonchev–Trinajstić information content (AvgIpc) is 2.86. The minimum absolute atomic E-state index is 0.0896. The summed E-state index contributed by atoms with van der Waals surface area (Å²) in [6, 6.07) is 9.92. The van der Waals surface area contributed by atoms with Crippen molar-refractivity contribution in [1.29, 1.82) is 0 Å². The number of nitrogens with zero attached hydrogens (tertiary/aromatic N) is 3. The molecule has 0 atom stereocenters. The molecule has 116 valence electrons. The number of aryl methyl sites for hydroxylation is 2. The zero-order valence-electron chi connectivity index (χ0n) is 13.1. The SMILES string of the molecule is Cc1cc(C)n(-c2ccc(C(=O)N3CCC(N)CC3)cc2)n1. The largest absolute Gasteiger partial charge is 0.339 e. The molecule has 3 rings (SSSR count). The van der Waals surface area contributed by atoms with E-state index in [1.54, 1.807) is 0 Å². The van der Waals surface area contributed by atoms with Crippen LogP contribution in [0.2, 0.25) is 0 Å². The number of carbonyl (C=O) groups excluding carboxylic acids is 1. The van der Waals surface area contributed by atoms with Crippen LogP contribution in [0.4, 0.5) is 0 Å². The molecule has 1 fully saturated rings. The highest BCUT2D eigenvalue weighted by molar-refractivity contribution is 5.94. The number of likely N-dealkylation sites (tertiary alicyclic amines) is 1. The van der Waals surface area contributed by atoms with Crippen molar-refractivity contribution in [2.45, 2.75) is 32.7 Å². The maximum absolute atomic E-state index is 12.5. The third-order valence-electron chi connectivity index (χ3n) is 4.20. The average molecular weight is 298 g/mol. The van der Waals surface area contributed by atoms with Crippen molar-refractivity contribution >= 4 is 5.91 Å². The summed E-state index contributed by atoms with van der Waals surface area (Å²) in [7, 11) is 0. The molecule has 0 unspecified atom stereocenters. The van der Waals surface area contributed by atoms with Crippen molar-refractivity contribution in [1.82, 2.24) is 14.7 Å². The van der Waals surface area contributed by atoms with Gasteiger partial charge in [0.2, 0.25) is 0 Å². The van der Waals surface area contributed by atoms with E-state index in [1.807, 2.05) is 53.8 Å². The standard InChI is InChI=1S/C17H22N4O/c1-12-11-13(2)21(19-12)16-5-3-14(4-6-16)17(22)20-9-7-15(18)8-10-20/h3-6,11,15H,7-10,18H2,1-2H3. The molecule has 0 radical (unpaired) electrons. The maximum atomic E-state index is 12.5. The quantitative estimate of drug-likeness (QED) is 0.923. The van der Waals surface area contributed by atoms with Crippen molar-refractivity contribution in [3.8, 4) is 5.69 Å². The molecule has 1 saturated heterocycles. The number of carbonyl (C=O) groups is 1. The lowest BCUT2D eigenvalue weighted by Gasteiger charge is -2.30.